The first-order chi connectivity index (χ1) is 11.1. The van der Waals surface area contributed by atoms with Crippen molar-refractivity contribution < 1.29 is 25.5 Å². The van der Waals surface area contributed by atoms with Crippen LogP contribution in [-0.2, 0) is 0 Å². The summed E-state index contributed by atoms with van der Waals surface area (Å²) in [5, 5.41) is 49.1. The maximum Gasteiger partial charge on any atom is 0.111 e. The van der Waals surface area contributed by atoms with Gasteiger partial charge in [-0.15, -0.1) is 0 Å². The summed E-state index contributed by atoms with van der Waals surface area (Å²) in [6.07, 6.45) is -6.13. The fraction of sp³-hybridized carbons (Fsp3) is 0.333. The molecule has 0 amide bonds. The predicted octanol–water partition coefficient (Wildman–Crippen LogP) is 0.254. The quantitative estimate of drug-likeness (QED) is 0.504. The average Bonchev–Trinajstić information content (AvgIpc) is 2.61. The summed E-state index contributed by atoms with van der Waals surface area (Å²) in [7, 11) is 0. The van der Waals surface area contributed by atoms with Gasteiger partial charge >= 0.3 is 0 Å². The molecule has 0 saturated heterocycles. The van der Waals surface area contributed by atoms with Gasteiger partial charge in [-0.2, -0.15) is 0 Å². The van der Waals surface area contributed by atoms with E-state index in [-0.39, 0.29) is 0 Å². The minimum absolute atomic E-state index is 0.576. The summed E-state index contributed by atoms with van der Waals surface area (Å²) in [6.45, 7) is -0.702. The highest BCUT2D eigenvalue weighted by Crippen LogP contribution is 2.30. The molecule has 2 aromatic carbocycles. The minimum Gasteiger partial charge on any atom is -0.394 e. The van der Waals surface area contributed by atoms with Crippen molar-refractivity contribution >= 4 is 0 Å². The first-order valence-corrected chi connectivity index (χ1v) is 7.49. The molecule has 2 aromatic rings. The van der Waals surface area contributed by atoms with Crippen molar-refractivity contribution in [2.24, 2.45) is 0 Å². The van der Waals surface area contributed by atoms with Crippen LogP contribution in [0.1, 0.15) is 17.0 Å². The highest BCUT2D eigenvalue weighted by Gasteiger charge is 2.36. The zero-order chi connectivity index (χ0) is 16.8. The van der Waals surface area contributed by atoms with Gasteiger partial charge in [0.15, 0.2) is 0 Å². The van der Waals surface area contributed by atoms with Crippen LogP contribution < -0.4 is 0 Å². The summed E-state index contributed by atoms with van der Waals surface area (Å²) in [4.78, 5) is 0. The Bertz CT molecular complexity index is 535. The monoisotopic (exact) mass is 318 g/mol. The van der Waals surface area contributed by atoms with Gasteiger partial charge in [-0.1, -0.05) is 60.7 Å². The Kier molecular flexibility index (Phi) is 6.27. The third-order valence-corrected chi connectivity index (χ3v) is 3.94. The van der Waals surface area contributed by atoms with Gasteiger partial charge in [-0.05, 0) is 11.1 Å². The van der Waals surface area contributed by atoms with Crippen LogP contribution in [0.3, 0.4) is 0 Å². The summed E-state index contributed by atoms with van der Waals surface area (Å²) >= 11 is 0. The number of rotatable bonds is 7. The molecule has 0 aromatic heterocycles. The van der Waals surface area contributed by atoms with Crippen LogP contribution in [0.2, 0.25) is 0 Å². The SMILES string of the molecule is OC[C@@H](O)[C@@H](O)[C@H](O)[C@H](O)C(c1ccccc1)c1ccccc1. The maximum absolute atomic E-state index is 10.6. The normalized spacial score (nSPS) is 16.8. The molecule has 5 heteroatoms. The van der Waals surface area contributed by atoms with Gasteiger partial charge in [0.25, 0.3) is 0 Å². The summed E-state index contributed by atoms with van der Waals surface area (Å²) in [6, 6.07) is 18.3. The Morgan fingerprint density at radius 1 is 0.609 bits per heavy atom. The van der Waals surface area contributed by atoms with E-state index in [4.69, 9.17) is 5.11 Å². The highest BCUT2D eigenvalue weighted by atomic mass is 16.4. The average molecular weight is 318 g/mol. The van der Waals surface area contributed by atoms with Gasteiger partial charge in [-0.25, -0.2) is 0 Å². The molecule has 23 heavy (non-hydrogen) atoms. The fourth-order valence-corrected chi connectivity index (χ4v) is 2.64. The van der Waals surface area contributed by atoms with E-state index in [2.05, 4.69) is 0 Å². The van der Waals surface area contributed by atoms with E-state index in [1.54, 1.807) is 0 Å². The van der Waals surface area contributed by atoms with Crippen molar-refractivity contribution in [2.45, 2.75) is 30.3 Å². The molecule has 0 aliphatic heterocycles. The van der Waals surface area contributed by atoms with Gasteiger partial charge in [0.1, 0.15) is 18.3 Å². The Hall–Kier alpha value is -1.76. The van der Waals surface area contributed by atoms with E-state index in [0.717, 1.165) is 11.1 Å². The second-order valence-corrected chi connectivity index (χ2v) is 5.52. The highest BCUT2D eigenvalue weighted by molar-refractivity contribution is 5.34. The molecule has 4 atom stereocenters. The molecule has 0 aliphatic rings. The smallest absolute Gasteiger partial charge is 0.111 e. The van der Waals surface area contributed by atoms with Crippen molar-refractivity contribution in [3.05, 3.63) is 71.8 Å². The standard InChI is InChI=1S/C18H22O5/c19-11-14(20)16(21)18(23)17(22)15(12-7-3-1-4-8-12)13-9-5-2-6-10-13/h1-10,14-23H,11H2/t14-,16-,17-,18+/m1/s1. The third kappa shape index (κ3) is 4.16. The molecule has 0 bridgehead atoms. The predicted molar refractivity (Wildman–Crippen MR) is 85.8 cm³/mol. The van der Waals surface area contributed by atoms with Crippen LogP contribution >= 0.6 is 0 Å². The molecule has 124 valence electrons. The second kappa shape index (κ2) is 8.19. The second-order valence-electron chi connectivity index (χ2n) is 5.52. The lowest BCUT2D eigenvalue weighted by Gasteiger charge is -2.31. The Labute approximate surface area is 135 Å². The lowest BCUT2D eigenvalue weighted by molar-refractivity contribution is -0.117. The molecule has 0 aliphatic carbocycles. The molecule has 5 nitrogen and oxygen atoms in total. The number of aliphatic hydroxyl groups excluding tert-OH is 5. The third-order valence-electron chi connectivity index (χ3n) is 3.94. The van der Waals surface area contributed by atoms with Crippen molar-refractivity contribution in [1.82, 2.24) is 0 Å². The van der Waals surface area contributed by atoms with E-state index in [1.165, 1.54) is 0 Å². The molecule has 0 saturated carbocycles. The van der Waals surface area contributed by atoms with E-state index >= 15 is 0 Å². The van der Waals surface area contributed by atoms with Crippen molar-refractivity contribution in [1.29, 1.82) is 0 Å². The number of hydrogen-bond acceptors (Lipinski definition) is 5. The van der Waals surface area contributed by atoms with Gasteiger partial charge in [0, 0.05) is 5.92 Å². The zero-order valence-electron chi connectivity index (χ0n) is 12.6. The molecule has 0 unspecified atom stereocenters. The van der Waals surface area contributed by atoms with Gasteiger partial charge in [-0.3, -0.25) is 0 Å². The molecular formula is C18H22O5. The van der Waals surface area contributed by atoms with E-state index < -0.39 is 36.9 Å². The largest absolute Gasteiger partial charge is 0.394 e. The van der Waals surface area contributed by atoms with Gasteiger partial charge in [0.2, 0.25) is 0 Å². The minimum atomic E-state index is -1.65. The number of aliphatic hydroxyl groups is 5. The molecule has 0 fully saturated rings. The number of hydrogen-bond donors (Lipinski definition) is 5. The first kappa shape index (κ1) is 17.6. The van der Waals surface area contributed by atoms with E-state index in [9.17, 15) is 20.4 Å². The summed E-state index contributed by atoms with van der Waals surface area (Å²) < 4.78 is 0. The topological polar surface area (TPSA) is 101 Å². The molecule has 0 radical (unpaired) electrons. The maximum atomic E-state index is 10.6. The lowest BCUT2D eigenvalue weighted by Crippen LogP contribution is -2.48. The Morgan fingerprint density at radius 2 is 1.04 bits per heavy atom. The van der Waals surface area contributed by atoms with E-state index in [0.29, 0.717) is 0 Å². The number of benzene rings is 2. The van der Waals surface area contributed by atoms with Crippen LogP contribution in [0, 0.1) is 0 Å². The molecule has 0 spiro atoms. The first-order valence-electron chi connectivity index (χ1n) is 7.49. The van der Waals surface area contributed by atoms with Crippen molar-refractivity contribution in [3.8, 4) is 0 Å². The van der Waals surface area contributed by atoms with Gasteiger partial charge in [0.05, 0.1) is 12.7 Å². The summed E-state index contributed by atoms with van der Waals surface area (Å²) in [5.74, 6) is -0.576. The van der Waals surface area contributed by atoms with Gasteiger partial charge < -0.3 is 25.5 Å². The van der Waals surface area contributed by atoms with Crippen LogP contribution in [0.15, 0.2) is 60.7 Å². The van der Waals surface area contributed by atoms with Crippen LogP contribution in [-0.4, -0.2) is 56.6 Å². The lowest BCUT2D eigenvalue weighted by atomic mass is 9.82. The molecule has 5 N–H and O–H groups in total. The molecule has 0 heterocycles. The van der Waals surface area contributed by atoms with Crippen LogP contribution in [0.5, 0.6) is 0 Å². The van der Waals surface area contributed by atoms with Crippen LogP contribution in [0.25, 0.3) is 0 Å². The zero-order valence-corrected chi connectivity index (χ0v) is 12.6. The Morgan fingerprint density at radius 3 is 1.43 bits per heavy atom. The van der Waals surface area contributed by atoms with Crippen molar-refractivity contribution in [3.63, 3.8) is 0 Å². The van der Waals surface area contributed by atoms with E-state index in [1.807, 2.05) is 60.7 Å². The molecular weight excluding hydrogens is 296 g/mol. The van der Waals surface area contributed by atoms with Crippen molar-refractivity contribution in [2.75, 3.05) is 6.61 Å². The Balaban J connectivity index is 2.34. The summed E-state index contributed by atoms with van der Waals surface area (Å²) in [5.41, 5.74) is 1.55. The van der Waals surface area contributed by atoms with Crippen LogP contribution in [0.4, 0.5) is 0 Å². The fourth-order valence-electron chi connectivity index (χ4n) is 2.64. The molecule has 2 rings (SSSR count).